The Labute approximate surface area is 142 Å². The van der Waals surface area contributed by atoms with Gasteiger partial charge in [0.15, 0.2) is 6.61 Å². The van der Waals surface area contributed by atoms with E-state index >= 15 is 0 Å². The van der Waals surface area contributed by atoms with Crippen LogP contribution in [0.5, 0.6) is 17.2 Å². The minimum atomic E-state index is -4.42. The Hall–Kier alpha value is -2.90. The number of ether oxygens (including phenoxy) is 3. The molecule has 0 atom stereocenters. The van der Waals surface area contributed by atoms with Gasteiger partial charge in [-0.05, 0) is 24.3 Å². The zero-order chi connectivity index (χ0) is 18.4. The van der Waals surface area contributed by atoms with Crippen LogP contribution in [0, 0.1) is 0 Å². The normalized spacial score (nSPS) is 10.9. The highest BCUT2D eigenvalue weighted by atomic mass is 19.4. The first-order chi connectivity index (χ1) is 11.8. The molecule has 8 heteroatoms. The van der Waals surface area contributed by atoms with Crippen molar-refractivity contribution in [3.8, 4) is 17.2 Å². The lowest BCUT2D eigenvalue weighted by molar-refractivity contribution is -0.137. The van der Waals surface area contributed by atoms with E-state index in [-0.39, 0.29) is 12.4 Å². The first-order valence-corrected chi connectivity index (χ1v) is 7.15. The van der Waals surface area contributed by atoms with E-state index < -0.39 is 17.6 Å². The van der Waals surface area contributed by atoms with E-state index in [2.05, 4.69) is 5.32 Å². The lowest BCUT2D eigenvalue weighted by Gasteiger charge is -2.11. The lowest BCUT2D eigenvalue weighted by Crippen LogP contribution is -2.20. The van der Waals surface area contributed by atoms with Gasteiger partial charge in [-0.3, -0.25) is 4.79 Å². The van der Waals surface area contributed by atoms with Crippen molar-refractivity contribution in [3.05, 3.63) is 48.0 Å². The van der Waals surface area contributed by atoms with Crippen LogP contribution in [0.3, 0.4) is 0 Å². The third kappa shape index (κ3) is 5.30. The van der Waals surface area contributed by atoms with Crippen molar-refractivity contribution in [2.45, 2.75) is 6.18 Å². The van der Waals surface area contributed by atoms with Gasteiger partial charge in [-0.1, -0.05) is 0 Å². The number of methoxy groups -OCH3 is 2. The number of carbonyl (C=O) groups excluding carboxylic acids is 1. The monoisotopic (exact) mass is 355 g/mol. The predicted octanol–water partition coefficient (Wildman–Crippen LogP) is 3.74. The Bertz CT molecular complexity index is 707. The molecule has 2 aromatic rings. The second-order valence-electron chi connectivity index (χ2n) is 4.96. The van der Waals surface area contributed by atoms with Crippen LogP contribution in [0.15, 0.2) is 42.5 Å². The first-order valence-electron chi connectivity index (χ1n) is 7.15. The van der Waals surface area contributed by atoms with Crippen molar-refractivity contribution >= 4 is 11.6 Å². The van der Waals surface area contributed by atoms with E-state index in [1.54, 1.807) is 18.2 Å². The maximum absolute atomic E-state index is 12.5. The summed E-state index contributed by atoms with van der Waals surface area (Å²) in [6.07, 6.45) is -4.42. The van der Waals surface area contributed by atoms with Crippen molar-refractivity contribution in [2.75, 3.05) is 26.1 Å². The number of alkyl halides is 3. The van der Waals surface area contributed by atoms with Crippen molar-refractivity contribution in [2.24, 2.45) is 0 Å². The Balaban J connectivity index is 1.95. The van der Waals surface area contributed by atoms with Gasteiger partial charge in [0.2, 0.25) is 0 Å². The summed E-state index contributed by atoms with van der Waals surface area (Å²) in [6, 6.07) is 8.93. The third-order valence-electron chi connectivity index (χ3n) is 3.19. The lowest BCUT2D eigenvalue weighted by atomic mass is 10.2. The van der Waals surface area contributed by atoms with Gasteiger partial charge in [-0.25, -0.2) is 0 Å². The minimum absolute atomic E-state index is 0.159. The van der Waals surface area contributed by atoms with Crippen LogP contribution in [-0.2, 0) is 11.0 Å². The number of hydrogen-bond donors (Lipinski definition) is 1. The molecular weight excluding hydrogens is 339 g/mol. The maximum atomic E-state index is 12.5. The molecule has 0 bridgehead atoms. The van der Waals surface area contributed by atoms with Gasteiger partial charge in [0.1, 0.15) is 17.2 Å². The molecule has 5 nitrogen and oxygen atoms in total. The fraction of sp³-hybridized carbons (Fsp3) is 0.235. The van der Waals surface area contributed by atoms with Crippen molar-refractivity contribution < 1.29 is 32.2 Å². The summed E-state index contributed by atoms with van der Waals surface area (Å²) in [5.74, 6) is 0.679. The summed E-state index contributed by atoms with van der Waals surface area (Å²) in [7, 11) is 2.96. The second-order valence-corrected chi connectivity index (χ2v) is 4.96. The van der Waals surface area contributed by atoms with Crippen LogP contribution < -0.4 is 19.5 Å². The molecule has 0 spiro atoms. The number of halogens is 3. The van der Waals surface area contributed by atoms with Crippen LogP contribution in [0.4, 0.5) is 18.9 Å². The summed E-state index contributed by atoms with van der Waals surface area (Å²) in [6.45, 7) is -0.356. The van der Waals surface area contributed by atoms with E-state index in [0.29, 0.717) is 17.2 Å². The minimum Gasteiger partial charge on any atom is -0.497 e. The van der Waals surface area contributed by atoms with Crippen LogP contribution in [0.25, 0.3) is 0 Å². The fourth-order valence-electron chi connectivity index (χ4n) is 1.97. The molecule has 2 aromatic carbocycles. The van der Waals surface area contributed by atoms with Crippen molar-refractivity contribution in [3.63, 3.8) is 0 Å². The van der Waals surface area contributed by atoms with Gasteiger partial charge in [0.05, 0.1) is 19.8 Å². The fourth-order valence-corrected chi connectivity index (χ4v) is 1.97. The number of amides is 1. The molecule has 1 amide bonds. The number of nitrogens with one attached hydrogen (secondary N) is 1. The molecule has 0 radical (unpaired) electrons. The van der Waals surface area contributed by atoms with Crippen molar-refractivity contribution in [1.29, 1.82) is 0 Å². The van der Waals surface area contributed by atoms with Crippen LogP contribution in [-0.4, -0.2) is 26.7 Å². The highest BCUT2D eigenvalue weighted by Crippen LogP contribution is 2.30. The number of carbonyl (C=O) groups is 1. The molecule has 0 fully saturated rings. The summed E-state index contributed by atoms with van der Waals surface area (Å²) in [4.78, 5) is 11.9. The molecule has 25 heavy (non-hydrogen) atoms. The highest BCUT2D eigenvalue weighted by molar-refractivity contribution is 5.92. The number of anilines is 1. The Morgan fingerprint density at radius 1 is 0.960 bits per heavy atom. The van der Waals surface area contributed by atoms with Crippen LogP contribution >= 0.6 is 0 Å². The van der Waals surface area contributed by atoms with E-state index in [4.69, 9.17) is 14.2 Å². The molecule has 0 aliphatic carbocycles. The van der Waals surface area contributed by atoms with Crippen LogP contribution in [0.1, 0.15) is 5.56 Å². The van der Waals surface area contributed by atoms with E-state index in [1.165, 1.54) is 14.2 Å². The first kappa shape index (κ1) is 18.4. The highest BCUT2D eigenvalue weighted by Gasteiger charge is 2.30. The van der Waals surface area contributed by atoms with Gasteiger partial charge >= 0.3 is 6.18 Å². The topological polar surface area (TPSA) is 56.8 Å². The summed E-state index contributed by atoms with van der Waals surface area (Å²) in [5, 5.41) is 2.59. The molecule has 2 rings (SSSR count). The number of benzene rings is 2. The average Bonchev–Trinajstić information content (AvgIpc) is 2.59. The molecule has 134 valence electrons. The number of rotatable bonds is 6. The SMILES string of the molecule is COc1cc(NC(=O)COc2ccc(C(F)(F)F)cc2)cc(OC)c1. The molecule has 0 aliphatic rings. The molecule has 1 N–H and O–H groups in total. The molecule has 0 aromatic heterocycles. The standard InChI is InChI=1S/C17H16F3NO4/c1-23-14-7-12(8-15(9-14)24-2)21-16(22)10-25-13-5-3-11(4-6-13)17(18,19)20/h3-9H,10H2,1-2H3,(H,21,22). The molecule has 0 saturated carbocycles. The summed E-state index contributed by atoms with van der Waals surface area (Å²) >= 11 is 0. The molecular formula is C17H16F3NO4. The van der Waals surface area contributed by atoms with Crippen molar-refractivity contribution in [1.82, 2.24) is 0 Å². The second kappa shape index (κ2) is 7.78. The zero-order valence-electron chi connectivity index (χ0n) is 13.5. The Kier molecular flexibility index (Phi) is 5.74. The number of hydrogen-bond acceptors (Lipinski definition) is 4. The summed E-state index contributed by atoms with van der Waals surface area (Å²) in [5.41, 5.74) is -0.343. The average molecular weight is 355 g/mol. The molecule has 0 aliphatic heterocycles. The van der Waals surface area contributed by atoms with Gasteiger partial charge in [-0.15, -0.1) is 0 Å². The maximum Gasteiger partial charge on any atom is 0.416 e. The smallest absolute Gasteiger partial charge is 0.416 e. The quantitative estimate of drug-likeness (QED) is 0.858. The van der Waals surface area contributed by atoms with E-state index in [1.807, 2.05) is 0 Å². The largest absolute Gasteiger partial charge is 0.497 e. The van der Waals surface area contributed by atoms with Gasteiger partial charge in [-0.2, -0.15) is 13.2 Å². The molecule has 0 saturated heterocycles. The van der Waals surface area contributed by atoms with E-state index in [9.17, 15) is 18.0 Å². The molecule has 0 unspecified atom stereocenters. The van der Waals surface area contributed by atoms with Gasteiger partial charge in [0.25, 0.3) is 5.91 Å². The van der Waals surface area contributed by atoms with Gasteiger partial charge < -0.3 is 19.5 Å². The van der Waals surface area contributed by atoms with E-state index in [0.717, 1.165) is 24.3 Å². The Morgan fingerprint density at radius 2 is 1.52 bits per heavy atom. The third-order valence-corrected chi connectivity index (χ3v) is 3.19. The predicted molar refractivity (Wildman–Crippen MR) is 85.1 cm³/mol. The summed E-state index contributed by atoms with van der Waals surface area (Å²) < 4.78 is 52.8. The van der Waals surface area contributed by atoms with Crippen LogP contribution in [0.2, 0.25) is 0 Å². The van der Waals surface area contributed by atoms with Gasteiger partial charge in [0, 0.05) is 23.9 Å². The zero-order valence-corrected chi connectivity index (χ0v) is 13.5. The molecule has 0 heterocycles. The Morgan fingerprint density at radius 3 is 2.00 bits per heavy atom.